The fourth-order valence-electron chi connectivity index (χ4n) is 2.04. The third-order valence-electron chi connectivity index (χ3n) is 2.95. The summed E-state index contributed by atoms with van der Waals surface area (Å²) in [7, 11) is 0. The van der Waals surface area contributed by atoms with Gasteiger partial charge in [0.25, 0.3) is 0 Å². The van der Waals surface area contributed by atoms with Crippen LogP contribution >= 0.6 is 15.9 Å². The number of aliphatic hydroxyl groups is 1. The van der Waals surface area contributed by atoms with Gasteiger partial charge in [0.1, 0.15) is 6.61 Å². The van der Waals surface area contributed by atoms with Crippen molar-refractivity contribution in [2.75, 3.05) is 6.61 Å². The zero-order valence-electron chi connectivity index (χ0n) is 8.95. The molecule has 0 saturated carbocycles. The average molecular weight is 302 g/mol. The zero-order chi connectivity index (χ0) is 12.4. The van der Waals surface area contributed by atoms with Crippen LogP contribution < -0.4 is 0 Å². The first-order valence-corrected chi connectivity index (χ1v) is 6.06. The molecular weight excluding hydrogens is 290 g/mol. The van der Waals surface area contributed by atoms with E-state index in [-0.39, 0.29) is 23.9 Å². The second-order valence-corrected chi connectivity index (χ2v) is 4.95. The second kappa shape index (κ2) is 5.12. The molecule has 0 aromatic heterocycles. The number of ether oxygens (including phenoxy) is 1. The number of nitro groups is 1. The highest BCUT2D eigenvalue weighted by Gasteiger charge is 2.39. The van der Waals surface area contributed by atoms with Crippen LogP contribution in [0.25, 0.3) is 0 Å². The lowest BCUT2D eigenvalue weighted by atomic mass is 9.87. The number of benzene rings is 1. The number of nitrogens with zero attached hydrogens (tertiary/aromatic N) is 1. The molecule has 92 valence electrons. The van der Waals surface area contributed by atoms with Gasteiger partial charge in [-0.05, 0) is 17.7 Å². The molecule has 0 bridgehead atoms. The Morgan fingerprint density at radius 2 is 2.06 bits per heavy atom. The van der Waals surface area contributed by atoms with Crippen LogP contribution in [0.5, 0.6) is 0 Å². The van der Waals surface area contributed by atoms with E-state index >= 15 is 0 Å². The molecule has 1 N–H and O–H groups in total. The molecule has 1 aliphatic rings. The van der Waals surface area contributed by atoms with Crippen LogP contribution in [0.2, 0.25) is 0 Å². The van der Waals surface area contributed by atoms with Crippen molar-refractivity contribution >= 4 is 15.9 Å². The monoisotopic (exact) mass is 301 g/mol. The van der Waals surface area contributed by atoms with E-state index < -0.39 is 12.3 Å². The minimum atomic E-state index is -0.917. The molecule has 1 saturated heterocycles. The van der Waals surface area contributed by atoms with Crippen molar-refractivity contribution in [3.05, 3.63) is 44.4 Å². The van der Waals surface area contributed by atoms with Gasteiger partial charge >= 0.3 is 0 Å². The fraction of sp³-hybridized carbons (Fsp3) is 0.455. The molecule has 1 aromatic carbocycles. The minimum absolute atomic E-state index is 0.0467. The fourth-order valence-corrected chi connectivity index (χ4v) is 2.31. The van der Waals surface area contributed by atoms with Gasteiger partial charge < -0.3 is 9.84 Å². The summed E-state index contributed by atoms with van der Waals surface area (Å²) in [5.74, 6) is -0.304. The Balaban J connectivity index is 2.25. The summed E-state index contributed by atoms with van der Waals surface area (Å²) in [4.78, 5) is 10.6. The van der Waals surface area contributed by atoms with Crippen LogP contribution in [0.3, 0.4) is 0 Å². The smallest absolute Gasteiger partial charge is 0.243 e. The van der Waals surface area contributed by atoms with Gasteiger partial charge in [0.2, 0.25) is 6.04 Å². The predicted molar refractivity (Wildman–Crippen MR) is 64.2 cm³/mol. The lowest BCUT2D eigenvalue weighted by Crippen LogP contribution is -2.40. The maximum absolute atomic E-state index is 10.9. The van der Waals surface area contributed by atoms with Gasteiger partial charge in [-0.1, -0.05) is 28.1 Å². The van der Waals surface area contributed by atoms with Crippen LogP contribution in [0, 0.1) is 10.1 Å². The first-order valence-electron chi connectivity index (χ1n) is 5.26. The van der Waals surface area contributed by atoms with Crippen LogP contribution in [-0.2, 0) is 4.74 Å². The summed E-state index contributed by atoms with van der Waals surface area (Å²) >= 11 is 3.32. The summed E-state index contributed by atoms with van der Waals surface area (Å²) in [6.45, 7) is -0.0467. The van der Waals surface area contributed by atoms with E-state index in [0.29, 0.717) is 0 Å². The van der Waals surface area contributed by atoms with Gasteiger partial charge in [-0.25, -0.2) is 0 Å². The molecule has 3 atom stereocenters. The predicted octanol–water partition coefficient (Wildman–Crippen LogP) is 1.92. The Morgan fingerprint density at radius 1 is 1.41 bits per heavy atom. The molecule has 6 heteroatoms. The molecule has 5 nitrogen and oxygen atoms in total. The molecule has 0 spiro atoms. The minimum Gasteiger partial charge on any atom is -0.368 e. The third kappa shape index (κ3) is 2.83. The standard InChI is InChI=1S/C11H12BrNO4/c12-8-3-1-7(2-4-8)9-5-11(14)17-6-10(9)13(15)16/h1-4,9-11,14H,5-6H2/t9-,10+,11-/m0/s1. The summed E-state index contributed by atoms with van der Waals surface area (Å²) in [6.07, 6.45) is -0.660. The number of halogens is 1. The van der Waals surface area contributed by atoms with Crippen LogP contribution in [0.15, 0.2) is 28.7 Å². The van der Waals surface area contributed by atoms with Gasteiger partial charge in [0, 0.05) is 15.8 Å². The van der Waals surface area contributed by atoms with Crippen molar-refractivity contribution in [2.24, 2.45) is 0 Å². The van der Waals surface area contributed by atoms with Gasteiger partial charge in [-0.2, -0.15) is 0 Å². The Hall–Kier alpha value is -0.980. The summed E-state index contributed by atoms with van der Waals surface area (Å²) < 4.78 is 5.85. The first kappa shape index (κ1) is 12.5. The summed E-state index contributed by atoms with van der Waals surface area (Å²) in [5, 5.41) is 20.4. The highest BCUT2D eigenvalue weighted by molar-refractivity contribution is 9.10. The molecule has 0 radical (unpaired) electrons. The van der Waals surface area contributed by atoms with E-state index in [1.807, 2.05) is 24.3 Å². The van der Waals surface area contributed by atoms with Gasteiger partial charge in [-0.15, -0.1) is 0 Å². The van der Waals surface area contributed by atoms with E-state index in [2.05, 4.69) is 15.9 Å². The van der Waals surface area contributed by atoms with Gasteiger partial charge in [0.05, 0.1) is 5.92 Å². The van der Waals surface area contributed by atoms with E-state index in [1.54, 1.807) is 0 Å². The largest absolute Gasteiger partial charge is 0.368 e. The highest BCUT2D eigenvalue weighted by atomic mass is 79.9. The number of aliphatic hydroxyl groups excluding tert-OH is 1. The molecule has 1 aromatic rings. The maximum atomic E-state index is 10.9. The van der Waals surface area contributed by atoms with E-state index in [0.717, 1.165) is 10.0 Å². The molecule has 1 aliphatic heterocycles. The molecule has 2 rings (SSSR count). The number of hydrogen-bond acceptors (Lipinski definition) is 4. The van der Waals surface area contributed by atoms with Crippen LogP contribution in [0.4, 0.5) is 0 Å². The van der Waals surface area contributed by atoms with Crippen molar-refractivity contribution in [1.82, 2.24) is 0 Å². The van der Waals surface area contributed by atoms with Crippen molar-refractivity contribution in [3.63, 3.8) is 0 Å². The molecule has 0 aliphatic carbocycles. The maximum Gasteiger partial charge on any atom is 0.243 e. The van der Waals surface area contributed by atoms with Crippen molar-refractivity contribution in [3.8, 4) is 0 Å². The lowest BCUT2D eigenvalue weighted by Gasteiger charge is -2.29. The SMILES string of the molecule is O=[N+]([O-])[C@@H]1CO[C@H](O)C[C@H]1c1ccc(Br)cc1. The van der Waals surface area contributed by atoms with Crippen molar-refractivity contribution < 1.29 is 14.8 Å². The third-order valence-corrected chi connectivity index (χ3v) is 3.48. The van der Waals surface area contributed by atoms with Gasteiger partial charge in [0.15, 0.2) is 6.29 Å². The summed E-state index contributed by atoms with van der Waals surface area (Å²) in [5.41, 5.74) is 0.859. The Labute approximate surface area is 107 Å². The van der Waals surface area contributed by atoms with Crippen LogP contribution in [0.1, 0.15) is 17.9 Å². The number of rotatable bonds is 2. The lowest BCUT2D eigenvalue weighted by molar-refractivity contribution is -0.538. The molecule has 0 amide bonds. The Bertz CT molecular complexity index is 408. The van der Waals surface area contributed by atoms with Crippen LogP contribution in [-0.4, -0.2) is 29.0 Å². The Kier molecular flexibility index (Phi) is 3.76. The van der Waals surface area contributed by atoms with E-state index in [9.17, 15) is 15.2 Å². The zero-order valence-corrected chi connectivity index (χ0v) is 10.5. The van der Waals surface area contributed by atoms with E-state index in [1.165, 1.54) is 0 Å². The summed E-state index contributed by atoms with van der Waals surface area (Å²) in [6, 6.07) is 6.56. The van der Waals surface area contributed by atoms with Gasteiger partial charge in [-0.3, -0.25) is 10.1 Å². The molecule has 1 heterocycles. The number of hydrogen-bond donors (Lipinski definition) is 1. The topological polar surface area (TPSA) is 72.6 Å². The molecular formula is C11H12BrNO4. The van der Waals surface area contributed by atoms with E-state index in [4.69, 9.17) is 4.74 Å². The Morgan fingerprint density at radius 3 is 2.65 bits per heavy atom. The average Bonchev–Trinajstić information content (AvgIpc) is 2.29. The first-order chi connectivity index (χ1) is 8.08. The molecule has 1 fully saturated rings. The van der Waals surface area contributed by atoms with Crippen molar-refractivity contribution in [1.29, 1.82) is 0 Å². The normalized spacial score (nSPS) is 28.9. The molecule has 17 heavy (non-hydrogen) atoms. The van der Waals surface area contributed by atoms with Crippen molar-refractivity contribution in [2.45, 2.75) is 24.7 Å². The second-order valence-electron chi connectivity index (χ2n) is 4.03. The molecule has 0 unspecified atom stereocenters. The quantitative estimate of drug-likeness (QED) is 0.669. The highest BCUT2D eigenvalue weighted by Crippen LogP contribution is 2.31.